The van der Waals surface area contributed by atoms with Crippen LogP contribution in [0.25, 0.3) is 10.8 Å². The molecule has 2 unspecified atom stereocenters. The number of allylic oxidation sites excluding steroid dienone is 2. The van der Waals surface area contributed by atoms with Gasteiger partial charge in [0.1, 0.15) is 5.82 Å². The smallest absolute Gasteiger partial charge is 0.169 e. The molecule has 0 nitrogen and oxygen atoms in total. The number of benzene rings is 2. The van der Waals surface area contributed by atoms with E-state index in [0.29, 0.717) is 35.3 Å². The number of rotatable bonds is 8. The molecule has 3 heteroatoms. The number of unbranched alkanes of at least 4 members (excludes halogenated alkanes) is 2. The van der Waals surface area contributed by atoms with E-state index in [-0.39, 0.29) is 11.3 Å². The van der Waals surface area contributed by atoms with Gasteiger partial charge in [-0.2, -0.15) is 0 Å². The standard InChI is InChI=1S/C30H39F3/c1-3-5-7-9-20-11-12-23-18-24(15-14-22(23)17-20)26-19-25-16-13-21(10-8-6-4-2)28(31)27(25)30(33)29(26)32/h4,6,13,16,19-20,22-24H,3,5,7-12,14-15,17-18H2,1-2H3/b6-4+/t20?,22-,23?,24-/m1/s1. The topological polar surface area (TPSA) is 0 Å². The van der Waals surface area contributed by atoms with Gasteiger partial charge in [-0.1, -0.05) is 63.3 Å². The lowest BCUT2D eigenvalue weighted by molar-refractivity contribution is 0.112. The van der Waals surface area contributed by atoms with Crippen molar-refractivity contribution in [2.24, 2.45) is 17.8 Å². The zero-order valence-corrected chi connectivity index (χ0v) is 20.3. The van der Waals surface area contributed by atoms with E-state index < -0.39 is 17.5 Å². The summed E-state index contributed by atoms with van der Waals surface area (Å²) in [4.78, 5) is 0. The lowest BCUT2D eigenvalue weighted by atomic mass is 9.63. The van der Waals surface area contributed by atoms with Crippen LogP contribution in [0.1, 0.15) is 102 Å². The third-order valence-electron chi connectivity index (χ3n) is 8.42. The Morgan fingerprint density at radius 3 is 2.48 bits per heavy atom. The Balaban J connectivity index is 1.50. The van der Waals surface area contributed by atoms with E-state index in [1.807, 2.05) is 19.1 Å². The van der Waals surface area contributed by atoms with Gasteiger partial charge in [0, 0.05) is 0 Å². The van der Waals surface area contributed by atoms with Crippen LogP contribution in [0, 0.1) is 35.2 Å². The zero-order valence-electron chi connectivity index (χ0n) is 20.3. The quantitative estimate of drug-likeness (QED) is 0.274. The molecule has 2 aliphatic carbocycles. The minimum absolute atomic E-state index is 0.0409. The molecule has 0 heterocycles. The predicted molar refractivity (Wildman–Crippen MR) is 132 cm³/mol. The molecule has 4 atom stereocenters. The van der Waals surface area contributed by atoms with Gasteiger partial charge in [0.2, 0.25) is 0 Å². The SMILES string of the molecule is C/C=C/CCc1ccc2cc([C@@H]3CC[C@@H]4CC(CCCCC)CCC4C3)c(F)c(F)c2c1F. The fourth-order valence-corrected chi connectivity index (χ4v) is 6.55. The molecule has 0 aliphatic heterocycles. The number of aryl methyl sites for hydroxylation is 1. The molecule has 2 aromatic rings. The first-order valence-corrected chi connectivity index (χ1v) is 13.2. The first kappa shape index (κ1) is 24.4. The third kappa shape index (κ3) is 5.33. The van der Waals surface area contributed by atoms with Crippen molar-refractivity contribution >= 4 is 10.8 Å². The molecule has 0 amide bonds. The number of halogens is 3. The normalized spacial score (nSPS) is 25.6. The molecule has 0 bridgehead atoms. The van der Waals surface area contributed by atoms with Gasteiger partial charge in [-0.25, -0.2) is 13.2 Å². The second-order valence-corrected chi connectivity index (χ2v) is 10.5. The highest BCUT2D eigenvalue weighted by molar-refractivity contribution is 5.85. The van der Waals surface area contributed by atoms with Crippen molar-refractivity contribution in [1.29, 1.82) is 0 Å². The summed E-state index contributed by atoms with van der Waals surface area (Å²) in [6.45, 7) is 4.17. The fraction of sp³-hybridized carbons (Fsp3) is 0.600. The number of hydrogen-bond acceptors (Lipinski definition) is 0. The summed E-state index contributed by atoms with van der Waals surface area (Å²) in [6.07, 6.45) is 17.1. The van der Waals surface area contributed by atoms with E-state index >= 15 is 13.2 Å². The molecule has 0 radical (unpaired) electrons. The van der Waals surface area contributed by atoms with E-state index in [0.717, 1.165) is 31.1 Å². The predicted octanol–water partition coefficient (Wildman–Crippen LogP) is 9.65. The van der Waals surface area contributed by atoms with Gasteiger partial charge >= 0.3 is 0 Å². The summed E-state index contributed by atoms with van der Waals surface area (Å²) < 4.78 is 45.4. The molecule has 33 heavy (non-hydrogen) atoms. The first-order chi connectivity index (χ1) is 16.0. The minimum atomic E-state index is -1.00. The second-order valence-electron chi connectivity index (χ2n) is 10.5. The van der Waals surface area contributed by atoms with Crippen molar-refractivity contribution < 1.29 is 13.2 Å². The molecule has 2 fully saturated rings. The third-order valence-corrected chi connectivity index (χ3v) is 8.42. The Morgan fingerprint density at radius 1 is 0.909 bits per heavy atom. The van der Waals surface area contributed by atoms with Gasteiger partial charge in [-0.05, 0) is 98.1 Å². The van der Waals surface area contributed by atoms with Crippen LogP contribution in [-0.2, 0) is 6.42 Å². The first-order valence-electron chi connectivity index (χ1n) is 13.2. The van der Waals surface area contributed by atoms with Crippen LogP contribution < -0.4 is 0 Å². The molecule has 0 aromatic heterocycles. The van der Waals surface area contributed by atoms with Crippen LogP contribution in [0.2, 0.25) is 0 Å². The summed E-state index contributed by atoms with van der Waals surface area (Å²) in [6, 6.07) is 5.23. The fourth-order valence-electron chi connectivity index (χ4n) is 6.55. The largest absolute Gasteiger partial charge is 0.206 e. The summed E-state index contributed by atoms with van der Waals surface area (Å²) in [5.74, 6) is -0.181. The van der Waals surface area contributed by atoms with Crippen molar-refractivity contribution in [3.63, 3.8) is 0 Å². The van der Waals surface area contributed by atoms with Gasteiger partial charge in [0.05, 0.1) is 5.39 Å². The molecule has 0 saturated heterocycles. The van der Waals surface area contributed by atoms with Crippen molar-refractivity contribution in [3.05, 3.63) is 58.9 Å². The maximum Gasteiger partial charge on any atom is 0.169 e. The average molecular weight is 457 g/mol. The van der Waals surface area contributed by atoms with E-state index in [1.54, 1.807) is 18.2 Å². The molecule has 4 rings (SSSR count). The van der Waals surface area contributed by atoms with Crippen LogP contribution in [-0.4, -0.2) is 0 Å². The Bertz CT molecular complexity index is 976. The highest BCUT2D eigenvalue weighted by Gasteiger charge is 2.37. The molecule has 2 aromatic carbocycles. The van der Waals surface area contributed by atoms with Crippen molar-refractivity contribution in [1.82, 2.24) is 0 Å². The minimum Gasteiger partial charge on any atom is -0.206 e. The van der Waals surface area contributed by atoms with Crippen LogP contribution in [0.4, 0.5) is 13.2 Å². The Morgan fingerprint density at radius 2 is 1.70 bits per heavy atom. The van der Waals surface area contributed by atoms with Gasteiger partial charge in [0.25, 0.3) is 0 Å². The average Bonchev–Trinajstić information content (AvgIpc) is 2.82. The highest BCUT2D eigenvalue weighted by Crippen LogP contribution is 2.49. The lowest BCUT2D eigenvalue weighted by Gasteiger charge is -2.42. The van der Waals surface area contributed by atoms with Crippen LogP contribution >= 0.6 is 0 Å². The van der Waals surface area contributed by atoms with E-state index in [2.05, 4.69) is 6.92 Å². The summed E-state index contributed by atoms with van der Waals surface area (Å²) >= 11 is 0. The molecule has 0 spiro atoms. The maximum absolute atomic E-state index is 15.2. The van der Waals surface area contributed by atoms with E-state index in [9.17, 15) is 0 Å². The molecule has 2 saturated carbocycles. The van der Waals surface area contributed by atoms with Crippen molar-refractivity contribution in [2.75, 3.05) is 0 Å². The molecule has 2 aliphatic rings. The van der Waals surface area contributed by atoms with E-state index in [1.165, 1.54) is 44.9 Å². The molecular weight excluding hydrogens is 417 g/mol. The monoisotopic (exact) mass is 456 g/mol. The van der Waals surface area contributed by atoms with Gasteiger partial charge in [0.15, 0.2) is 11.6 Å². The summed E-state index contributed by atoms with van der Waals surface area (Å²) in [5, 5.41) is 0.299. The number of fused-ring (bicyclic) bond motifs is 2. The summed E-state index contributed by atoms with van der Waals surface area (Å²) in [5.41, 5.74) is 0.910. The zero-order chi connectivity index (χ0) is 23.4. The van der Waals surface area contributed by atoms with Gasteiger partial charge < -0.3 is 0 Å². The Hall–Kier alpha value is -1.77. The van der Waals surface area contributed by atoms with Crippen molar-refractivity contribution in [2.45, 2.75) is 96.8 Å². The van der Waals surface area contributed by atoms with Crippen molar-refractivity contribution in [3.8, 4) is 0 Å². The molecular formula is C30H39F3. The van der Waals surface area contributed by atoms with Crippen LogP contribution in [0.3, 0.4) is 0 Å². The Labute approximate surface area is 197 Å². The van der Waals surface area contributed by atoms with Gasteiger partial charge in [-0.15, -0.1) is 0 Å². The highest BCUT2D eigenvalue weighted by atomic mass is 19.2. The lowest BCUT2D eigenvalue weighted by Crippen LogP contribution is -2.30. The van der Waals surface area contributed by atoms with E-state index in [4.69, 9.17) is 0 Å². The van der Waals surface area contributed by atoms with Crippen LogP contribution in [0.15, 0.2) is 30.4 Å². The molecule has 180 valence electrons. The molecule has 0 N–H and O–H groups in total. The Kier molecular flexibility index (Phi) is 8.20. The van der Waals surface area contributed by atoms with Gasteiger partial charge in [-0.3, -0.25) is 0 Å². The van der Waals surface area contributed by atoms with Crippen LogP contribution in [0.5, 0.6) is 0 Å². The number of hydrogen-bond donors (Lipinski definition) is 0. The summed E-state index contributed by atoms with van der Waals surface area (Å²) in [7, 11) is 0. The second kappa shape index (κ2) is 11.1. The maximum atomic E-state index is 15.2.